The predicted octanol–water partition coefficient (Wildman–Crippen LogP) is 3.33. The lowest BCUT2D eigenvalue weighted by Gasteiger charge is -2.37. The molecule has 1 aliphatic rings. The number of nitrogens with zero attached hydrogens (tertiary/aromatic N) is 5. The highest BCUT2D eigenvalue weighted by Crippen LogP contribution is 2.29. The average Bonchev–Trinajstić information content (AvgIpc) is 3.05. The lowest BCUT2D eigenvalue weighted by Crippen LogP contribution is -2.46. The maximum atomic E-state index is 4.64. The highest BCUT2D eigenvalue weighted by molar-refractivity contribution is 7.11. The molecule has 0 saturated carbocycles. The summed E-state index contributed by atoms with van der Waals surface area (Å²) in [5.74, 6) is 0.986. The van der Waals surface area contributed by atoms with Gasteiger partial charge in [-0.2, -0.15) is 5.10 Å². The fourth-order valence-electron chi connectivity index (χ4n) is 3.06. The highest BCUT2D eigenvalue weighted by atomic mass is 32.1. The Bertz CT molecular complexity index is 649. The molecule has 2 aromatic rings. The summed E-state index contributed by atoms with van der Waals surface area (Å²) in [6.07, 6.45) is 6.19. The molecule has 130 valence electrons. The molecular weight excluding hydrogens is 318 g/mol. The van der Waals surface area contributed by atoms with E-state index in [-0.39, 0.29) is 5.41 Å². The van der Waals surface area contributed by atoms with Gasteiger partial charge in [-0.25, -0.2) is 4.98 Å². The van der Waals surface area contributed by atoms with Crippen molar-refractivity contribution >= 4 is 17.2 Å². The number of rotatable bonds is 4. The summed E-state index contributed by atoms with van der Waals surface area (Å²) in [5, 5.41) is 9.47. The minimum atomic E-state index is 0.183. The molecule has 1 fully saturated rings. The van der Waals surface area contributed by atoms with E-state index in [2.05, 4.69) is 52.8 Å². The predicted molar refractivity (Wildman–Crippen MR) is 99.5 cm³/mol. The average molecular weight is 346 g/mol. The van der Waals surface area contributed by atoms with Crippen LogP contribution in [0.4, 0.5) is 5.82 Å². The molecule has 1 saturated heterocycles. The van der Waals surface area contributed by atoms with E-state index in [1.807, 2.05) is 29.7 Å². The third-order valence-electron chi connectivity index (χ3n) is 4.58. The van der Waals surface area contributed by atoms with Gasteiger partial charge in [0.05, 0.1) is 6.54 Å². The van der Waals surface area contributed by atoms with E-state index in [0.717, 1.165) is 25.5 Å². The van der Waals surface area contributed by atoms with Crippen LogP contribution in [-0.4, -0.2) is 46.3 Å². The van der Waals surface area contributed by atoms with Crippen molar-refractivity contribution in [2.75, 3.05) is 25.0 Å². The van der Waals surface area contributed by atoms with Crippen LogP contribution in [0.2, 0.25) is 0 Å². The van der Waals surface area contributed by atoms with E-state index in [1.165, 1.54) is 22.7 Å². The minimum absolute atomic E-state index is 0.183. The molecule has 0 aromatic carbocycles. The number of aromatic nitrogens is 3. The Balaban J connectivity index is 1.62. The zero-order valence-corrected chi connectivity index (χ0v) is 15.9. The van der Waals surface area contributed by atoms with Crippen molar-refractivity contribution in [3.05, 3.63) is 34.4 Å². The highest BCUT2D eigenvalue weighted by Gasteiger charge is 2.25. The van der Waals surface area contributed by atoms with Crippen LogP contribution in [-0.2, 0) is 12.0 Å². The normalized spacial score (nSPS) is 19.0. The number of anilines is 1. The largest absolute Gasteiger partial charge is 0.354 e. The van der Waals surface area contributed by atoms with Gasteiger partial charge in [-0.1, -0.05) is 20.8 Å². The van der Waals surface area contributed by atoms with Crippen LogP contribution in [0.3, 0.4) is 0 Å². The Hall–Kier alpha value is -1.53. The number of hydrogen-bond donors (Lipinski definition) is 0. The van der Waals surface area contributed by atoms with Gasteiger partial charge in [0.15, 0.2) is 5.82 Å². The molecule has 1 atom stereocenters. The van der Waals surface area contributed by atoms with E-state index < -0.39 is 0 Å². The molecule has 0 amide bonds. The lowest BCUT2D eigenvalue weighted by atomic mass is 9.96. The molecule has 1 unspecified atom stereocenters. The van der Waals surface area contributed by atoms with Crippen molar-refractivity contribution in [3.8, 4) is 0 Å². The van der Waals surface area contributed by atoms with Crippen molar-refractivity contribution in [2.45, 2.75) is 51.6 Å². The van der Waals surface area contributed by atoms with E-state index >= 15 is 0 Å². The molecule has 0 aliphatic carbocycles. The van der Waals surface area contributed by atoms with Gasteiger partial charge >= 0.3 is 0 Å². The van der Waals surface area contributed by atoms with Gasteiger partial charge in [-0.05, 0) is 37.4 Å². The molecule has 3 rings (SSSR count). The summed E-state index contributed by atoms with van der Waals surface area (Å²) in [6.45, 7) is 9.72. The zero-order valence-electron chi connectivity index (χ0n) is 15.1. The first-order valence-electron chi connectivity index (χ1n) is 8.61. The first kappa shape index (κ1) is 17.3. The van der Waals surface area contributed by atoms with Crippen LogP contribution in [0.15, 0.2) is 24.5 Å². The minimum Gasteiger partial charge on any atom is -0.354 e. The van der Waals surface area contributed by atoms with Crippen molar-refractivity contribution in [2.24, 2.45) is 0 Å². The summed E-state index contributed by atoms with van der Waals surface area (Å²) in [7, 11) is 2.21. The molecule has 0 N–H and O–H groups in total. The summed E-state index contributed by atoms with van der Waals surface area (Å²) >= 11 is 1.84. The molecule has 0 radical (unpaired) electrons. The lowest BCUT2D eigenvalue weighted by molar-refractivity contribution is 0.207. The van der Waals surface area contributed by atoms with E-state index in [9.17, 15) is 0 Å². The molecule has 1 aliphatic heterocycles. The standard InChI is InChI=1S/C18H27N5S/c1-18(2,3)15-11-19-17(24-15)13-22(4)14-7-6-10-23(12-14)16-8-5-9-20-21-16/h5,8-9,11,14H,6-7,10,12-13H2,1-4H3. The summed E-state index contributed by atoms with van der Waals surface area (Å²) in [5.41, 5.74) is 0.183. The Kier molecular flexibility index (Phi) is 5.15. The fraction of sp³-hybridized carbons (Fsp3) is 0.611. The zero-order chi connectivity index (χ0) is 17.2. The summed E-state index contributed by atoms with van der Waals surface area (Å²) in [6, 6.07) is 4.54. The maximum Gasteiger partial charge on any atom is 0.151 e. The van der Waals surface area contributed by atoms with Crippen molar-refractivity contribution in [1.29, 1.82) is 0 Å². The number of thiazole rings is 1. The van der Waals surface area contributed by atoms with Gasteiger partial charge in [0.25, 0.3) is 0 Å². The molecule has 0 spiro atoms. The molecular formula is C18H27N5S. The molecule has 6 heteroatoms. The second-order valence-corrected chi connectivity index (χ2v) is 8.72. The van der Waals surface area contributed by atoms with E-state index in [1.54, 1.807) is 6.20 Å². The van der Waals surface area contributed by atoms with Crippen LogP contribution >= 0.6 is 11.3 Å². The maximum absolute atomic E-state index is 4.64. The third kappa shape index (κ3) is 4.11. The monoisotopic (exact) mass is 345 g/mol. The van der Waals surface area contributed by atoms with Gasteiger partial charge in [0.1, 0.15) is 5.01 Å². The van der Waals surface area contributed by atoms with Crippen LogP contribution in [0.5, 0.6) is 0 Å². The van der Waals surface area contributed by atoms with Gasteiger partial charge in [0.2, 0.25) is 0 Å². The quantitative estimate of drug-likeness (QED) is 0.850. The first-order valence-corrected chi connectivity index (χ1v) is 9.43. The summed E-state index contributed by atoms with van der Waals surface area (Å²) in [4.78, 5) is 10.8. The van der Waals surface area contributed by atoms with Crippen LogP contribution in [0, 0.1) is 0 Å². The number of likely N-dealkylation sites (N-methyl/N-ethyl adjacent to an activating group) is 1. The number of hydrogen-bond acceptors (Lipinski definition) is 6. The Morgan fingerprint density at radius 3 is 2.88 bits per heavy atom. The van der Waals surface area contributed by atoms with Crippen LogP contribution in [0.25, 0.3) is 0 Å². The van der Waals surface area contributed by atoms with Gasteiger partial charge in [0, 0.05) is 36.4 Å². The van der Waals surface area contributed by atoms with Crippen LogP contribution in [0.1, 0.15) is 43.5 Å². The molecule has 0 bridgehead atoms. The summed E-state index contributed by atoms with van der Waals surface area (Å²) < 4.78 is 0. The first-order chi connectivity index (χ1) is 11.4. The molecule has 24 heavy (non-hydrogen) atoms. The molecule has 3 heterocycles. The Morgan fingerprint density at radius 2 is 2.21 bits per heavy atom. The SMILES string of the molecule is CN(Cc1ncc(C(C)(C)C)s1)C1CCCN(c2cccnn2)C1. The van der Waals surface area contributed by atoms with Gasteiger partial charge in [-0.15, -0.1) is 16.4 Å². The van der Waals surface area contributed by atoms with Crippen molar-refractivity contribution in [3.63, 3.8) is 0 Å². The topological polar surface area (TPSA) is 45.2 Å². The smallest absolute Gasteiger partial charge is 0.151 e. The van der Waals surface area contributed by atoms with Gasteiger partial charge < -0.3 is 4.90 Å². The third-order valence-corrected chi connectivity index (χ3v) is 5.99. The van der Waals surface area contributed by atoms with E-state index in [4.69, 9.17) is 0 Å². The van der Waals surface area contributed by atoms with Crippen LogP contribution < -0.4 is 4.90 Å². The molecule has 2 aromatic heterocycles. The second kappa shape index (κ2) is 7.15. The van der Waals surface area contributed by atoms with Gasteiger partial charge in [-0.3, -0.25) is 4.90 Å². The van der Waals surface area contributed by atoms with Crippen molar-refractivity contribution in [1.82, 2.24) is 20.1 Å². The fourth-order valence-corrected chi connectivity index (χ4v) is 4.10. The Morgan fingerprint density at radius 1 is 1.38 bits per heavy atom. The van der Waals surface area contributed by atoms with E-state index in [0.29, 0.717) is 6.04 Å². The number of piperidine rings is 1. The van der Waals surface area contributed by atoms with Crippen molar-refractivity contribution < 1.29 is 0 Å². The molecule has 5 nitrogen and oxygen atoms in total. The second-order valence-electron chi connectivity index (χ2n) is 7.61. The Labute approximate surface area is 148 Å².